The molecule has 126 valence electrons. The molecular weight excluding hydrogens is 321 g/mol. The first-order valence-corrected chi connectivity index (χ1v) is 7.84. The van der Waals surface area contributed by atoms with Gasteiger partial charge in [-0.3, -0.25) is 0 Å². The fourth-order valence-electron chi connectivity index (χ4n) is 2.68. The number of fused-ring (bicyclic) bond motifs is 1. The van der Waals surface area contributed by atoms with Crippen molar-refractivity contribution >= 4 is 12.6 Å². The average Bonchev–Trinajstić information content (AvgIpc) is 3.27. The number of nitrogens with zero attached hydrogens (tertiary/aromatic N) is 3. The topological polar surface area (TPSA) is 78.6 Å². The second-order valence-electron chi connectivity index (χ2n) is 5.67. The summed E-state index contributed by atoms with van der Waals surface area (Å²) < 4.78 is 17.7. The molecule has 0 unspecified atom stereocenters. The Hall–Kier alpha value is -2.84. The molecule has 0 amide bonds. The molecule has 0 saturated carbocycles. The lowest BCUT2D eigenvalue weighted by atomic mass is 9.79. The van der Waals surface area contributed by atoms with Gasteiger partial charge in [0.1, 0.15) is 23.8 Å². The van der Waals surface area contributed by atoms with Crippen molar-refractivity contribution in [3.63, 3.8) is 0 Å². The van der Waals surface area contributed by atoms with Crippen molar-refractivity contribution in [1.82, 2.24) is 15.0 Å². The van der Waals surface area contributed by atoms with Crippen molar-refractivity contribution in [2.75, 3.05) is 7.11 Å². The van der Waals surface area contributed by atoms with Crippen LogP contribution in [0.15, 0.2) is 48.7 Å². The Bertz CT molecular complexity index is 899. The molecule has 0 atom stereocenters. The van der Waals surface area contributed by atoms with Crippen molar-refractivity contribution in [1.29, 1.82) is 0 Å². The van der Waals surface area contributed by atoms with Crippen LogP contribution in [0, 0.1) is 0 Å². The van der Waals surface area contributed by atoms with E-state index >= 15 is 0 Å². The SMILES string of the molecule is COc1cccc(OCc2cn(-c3ccc4c(c3)B(O)OC4)nn2)c1. The van der Waals surface area contributed by atoms with Crippen molar-refractivity contribution in [3.8, 4) is 17.2 Å². The first kappa shape index (κ1) is 15.7. The van der Waals surface area contributed by atoms with E-state index in [-0.39, 0.29) is 0 Å². The zero-order valence-corrected chi connectivity index (χ0v) is 13.6. The molecule has 3 aromatic rings. The Kier molecular flexibility index (Phi) is 4.13. The summed E-state index contributed by atoms with van der Waals surface area (Å²) in [6.07, 6.45) is 1.80. The fraction of sp³-hybridized carbons (Fsp3) is 0.176. The maximum Gasteiger partial charge on any atom is 0.491 e. The minimum Gasteiger partial charge on any atom is -0.497 e. The van der Waals surface area contributed by atoms with Gasteiger partial charge in [0.15, 0.2) is 0 Å². The largest absolute Gasteiger partial charge is 0.497 e. The monoisotopic (exact) mass is 337 g/mol. The van der Waals surface area contributed by atoms with Gasteiger partial charge in [-0.2, -0.15) is 0 Å². The van der Waals surface area contributed by atoms with Gasteiger partial charge in [0.05, 0.1) is 25.6 Å². The van der Waals surface area contributed by atoms with Gasteiger partial charge in [0.25, 0.3) is 0 Å². The molecule has 1 aromatic heterocycles. The van der Waals surface area contributed by atoms with E-state index in [0.717, 1.165) is 22.5 Å². The smallest absolute Gasteiger partial charge is 0.491 e. The van der Waals surface area contributed by atoms with Crippen molar-refractivity contribution in [2.45, 2.75) is 13.2 Å². The van der Waals surface area contributed by atoms with Gasteiger partial charge >= 0.3 is 7.12 Å². The third-order valence-electron chi connectivity index (χ3n) is 4.03. The number of aromatic nitrogens is 3. The molecule has 0 saturated heterocycles. The number of hydrogen-bond donors (Lipinski definition) is 1. The van der Waals surface area contributed by atoms with E-state index in [9.17, 15) is 5.02 Å². The molecule has 0 spiro atoms. The summed E-state index contributed by atoms with van der Waals surface area (Å²) in [6.45, 7) is 0.720. The van der Waals surface area contributed by atoms with Crippen LogP contribution < -0.4 is 14.9 Å². The Morgan fingerprint density at radius 2 is 2.12 bits per heavy atom. The predicted molar refractivity (Wildman–Crippen MR) is 91.1 cm³/mol. The van der Waals surface area contributed by atoms with E-state index < -0.39 is 7.12 Å². The van der Waals surface area contributed by atoms with Crippen LogP contribution >= 0.6 is 0 Å². The highest BCUT2D eigenvalue weighted by Gasteiger charge is 2.27. The normalized spacial score (nSPS) is 13.0. The summed E-state index contributed by atoms with van der Waals surface area (Å²) in [7, 11) is 0.734. The van der Waals surface area contributed by atoms with Gasteiger partial charge in [0, 0.05) is 6.07 Å². The van der Waals surface area contributed by atoms with Crippen LogP contribution in [0.3, 0.4) is 0 Å². The van der Waals surface area contributed by atoms with Crippen LogP contribution in [0.25, 0.3) is 5.69 Å². The number of methoxy groups -OCH3 is 1. The maximum absolute atomic E-state index is 9.81. The summed E-state index contributed by atoms with van der Waals surface area (Å²) in [5, 5.41) is 18.1. The van der Waals surface area contributed by atoms with Gasteiger partial charge < -0.3 is 19.2 Å². The molecule has 2 aromatic carbocycles. The molecule has 0 radical (unpaired) electrons. The Morgan fingerprint density at radius 1 is 1.24 bits per heavy atom. The molecule has 8 heteroatoms. The van der Waals surface area contributed by atoms with Gasteiger partial charge in [0.2, 0.25) is 0 Å². The molecule has 1 aliphatic heterocycles. The first-order valence-electron chi connectivity index (χ1n) is 7.84. The Labute approximate surface area is 144 Å². The third kappa shape index (κ3) is 3.22. The highest BCUT2D eigenvalue weighted by molar-refractivity contribution is 6.61. The van der Waals surface area contributed by atoms with Crippen molar-refractivity contribution in [3.05, 3.63) is 59.9 Å². The zero-order valence-electron chi connectivity index (χ0n) is 13.6. The average molecular weight is 337 g/mol. The summed E-state index contributed by atoms with van der Waals surface area (Å²) in [4.78, 5) is 0. The van der Waals surface area contributed by atoms with Crippen LogP contribution in [0.1, 0.15) is 11.3 Å². The molecule has 4 rings (SSSR count). The van der Waals surface area contributed by atoms with E-state index in [4.69, 9.17) is 14.1 Å². The Balaban J connectivity index is 1.48. The van der Waals surface area contributed by atoms with Gasteiger partial charge in [-0.25, -0.2) is 4.68 Å². The van der Waals surface area contributed by atoms with E-state index in [1.54, 1.807) is 18.0 Å². The molecule has 1 aliphatic rings. The predicted octanol–water partition coefficient (Wildman–Crippen LogP) is 1.07. The highest BCUT2D eigenvalue weighted by atomic mass is 16.5. The lowest BCUT2D eigenvalue weighted by molar-refractivity contribution is 0.275. The summed E-state index contributed by atoms with van der Waals surface area (Å²) in [6, 6.07) is 13.1. The molecular formula is C17H16BN3O4. The van der Waals surface area contributed by atoms with Crippen LogP contribution in [0.5, 0.6) is 11.5 Å². The Morgan fingerprint density at radius 3 is 3.00 bits per heavy atom. The van der Waals surface area contributed by atoms with Gasteiger partial charge in [-0.05, 0) is 35.3 Å². The van der Waals surface area contributed by atoms with E-state index in [1.165, 1.54) is 0 Å². The van der Waals surface area contributed by atoms with Crippen LogP contribution in [-0.2, 0) is 17.9 Å². The minimum absolute atomic E-state index is 0.295. The lowest BCUT2D eigenvalue weighted by Gasteiger charge is -2.05. The van der Waals surface area contributed by atoms with Crippen molar-refractivity contribution in [2.24, 2.45) is 0 Å². The molecule has 0 bridgehead atoms. The zero-order chi connectivity index (χ0) is 17.2. The van der Waals surface area contributed by atoms with Crippen molar-refractivity contribution < 1.29 is 19.2 Å². The number of rotatable bonds is 5. The first-order chi connectivity index (χ1) is 12.2. The van der Waals surface area contributed by atoms with Crippen LogP contribution in [0.4, 0.5) is 0 Å². The lowest BCUT2D eigenvalue weighted by Crippen LogP contribution is -2.28. The van der Waals surface area contributed by atoms with Gasteiger partial charge in [-0.1, -0.05) is 17.3 Å². The standard InChI is InChI=1S/C17H16BN3O4/c1-23-15-3-2-4-16(8-15)24-11-13-9-21(20-19-13)14-6-5-12-10-25-18(22)17(12)7-14/h2-9,22H,10-11H2,1H3. The fourth-order valence-corrected chi connectivity index (χ4v) is 2.68. The van der Waals surface area contributed by atoms with E-state index in [0.29, 0.717) is 24.7 Å². The molecule has 1 N–H and O–H groups in total. The number of benzene rings is 2. The minimum atomic E-state index is -0.880. The van der Waals surface area contributed by atoms with E-state index in [1.807, 2.05) is 42.5 Å². The molecule has 0 aliphatic carbocycles. The number of hydrogen-bond acceptors (Lipinski definition) is 6. The molecule has 0 fully saturated rings. The molecule has 25 heavy (non-hydrogen) atoms. The molecule has 2 heterocycles. The molecule has 7 nitrogen and oxygen atoms in total. The summed E-state index contributed by atoms with van der Waals surface area (Å²) in [5.74, 6) is 1.44. The van der Waals surface area contributed by atoms with Gasteiger partial charge in [-0.15, -0.1) is 5.10 Å². The third-order valence-corrected chi connectivity index (χ3v) is 4.03. The summed E-state index contributed by atoms with van der Waals surface area (Å²) >= 11 is 0. The quantitative estimate of drug-likeness (QED) is 0.702. The number of ether oxygens (including phenoxy) is 2. The van der Waals surface area contributed by atoms with E-state index in [2.05, 4.69) is 10.3 Å². The van der Waals surface area contributed by atoms with Crippen LogP contribution in [0.2, 0.25) is 0 Å². The highest BCUT2D eigenvalue weighted by Crippen LogP contribution is 2.20. The maximum atomic E-state index is 9.81. The second kappa shape index (κ2) is 6.58. The van der Waals surface area contributed by atoms with Crippen LogP contribution in [-0.4, -0.2) is 34.2 Å². The summed E-state index contributed by atoms with van der Waals surface area (Å²) in [5.41, 5.74) is 3.25. The second-order valence-corrected chi connectivity index (χ2v) is 5.67.